The van der Waals surface area contributed by atoms with Crippen LogP contribution in [-0.4, -0.2) is 55.6 Å². The molecule has 0 saturated carbocycles. The van der Waals surface area contributed by atoms with Gasteiger partial charge in [-0.1, -0.05) is 29.0 Å². The molecule has 140 valence electrons. The van der Waals surface area contributed by atoms with Gasteiger partial charge in [0.05, 0.1) is 0 Å². The molecule has 0 radical (unpaired) electrons. The number of aromatic nitrogens is 2. The molecule has 1 aliphatic rings. The Morgan fingerprint density at radius 3 is 2.50 bits per heavy atom. The summed E-state index contributed by atoms with van der Waals surface area (Å²) in [6.07, 6.45) is 1.51. The van der Waals surface area contributed by atoms with Gasteiger partial charge in [0.2, 0.25) is 9.47 Å². The Balaban J connectivity index is 1.64. The van der Waals surface area contributed by atoms with Gasteiger partial charge >= 0.3 is 0 Å². The number of amides is 1. The van der Waals surface area contributed by atoms with E-state index in [1.807, 2.05) is 26.1 Å². The number of aryl methyl sites for hydroxylation is 1. The Labute approximate surface area is 156 Å². The van der Waals surface area contributed by atoms with Crippen LogP contribution in [0.4, 0.5) is 5.13 Å². The van der Waals surface area contributed by atoms with Gasteiger partial charge in [-0.25, -0.2) is 13.1 Å². The first-order valence-corrected chi connectivity index (χ1v) is 10.6. The minimum atomic E-state index is -3.74. The van der Waals surface area contributed by atoms with Gasteiger partial charge in [0.15, 0.2) is 0 Å². The molecule has 1 fully saturated rings. The predicted octanol–water partition coefficient (Wildman–Crippen LogP) is 1.47. The van der Waals surface area contributed by atoms with Crippen LogP contribution in [0.15, 0.2) is 28.6 Å². The molecule has 1 aromatic heterocycles. The summed E-state index contributed by atoms with van der Waals surface area (Å²) in [4.78, 5) is 14.4. The molecule has 26 heavy (non-hydrogen) atoms. The summed E-state index contributed by atoms with van der Waals surface area (Å²) in [6.45, 7) is 3.63. The molecule has 0 aliphatic carbocycles. The van der Waals surface area contributed by atoms with Crippen LogP contribution in [0.1, 0.15) is 28.8 Å². The molecule has 3 rings (SSSR count). The molecule has 1 amide bonds. The molecule has 1 aliphatic heterocycles. The quantitative estimate of drug-likeness (QED) is 0.743. The van der Waals surface area contributed by atoms with E-state index in [9.17, 15) is 13.2 Å². The van der Waals surface area contributed by atoms with Crippen LogP contribution < -0.4 is 10.0 Å². The van der Waals surface area contributed by atoms with Gasteiger partial charge in [-0.15, -0.1) is 10.2 Å². The summed E-state index contributed by atoms with van der Waals surface area (Å²) in [5, 5.41) is 10.2. The maximum atomic E-state index is 12.5. The summed E-state index contributed by atoms with van der Waals surface area (Å²) in [5.74, 6) is -0.353. The fourth-order valence-electron chi connectivity index (χ4n) is 2.64. The highest BCUT2D eigenvalue weighted by molar-refractivity contribution is 7.91. The van der Waals surface area contributed by atoms with Crippen molar-refractivity contribution in [1.82, 2.24) is 19.8 Å². The zero-order valence-electron chi connectivity index (χ0n) is 14.6. The maximum absolute atomic E-state index is 12.5. The van der Waals surface area contributed by atoms with Crippen molar-refractivity contribution in [2.75, 3.05) is 25.5 Å². The summed E-state index contributed by atoms with van der Waals surface area (Å²) in [6, 6.07) is 6.95. The molecule has 2 aromatic rings. The highest BCUT2D eigenvalue weighted by atomic mass is 32.2. The van der Waals surface area contributed by atoms with Gasteiger partial charge in [0, 0.05) is 11.6 Å². The van der Waals surface area contributed by atoms with E-state index >= 15 is 0 Å². The number of nitrogens with zero attached hydrogens (tertiary/aromatic N) is 3. The number of hydrogen-bond acceptors (Lipinski definition) is 7. The molecule has 10 heteroatoms. The first kappa shape index (κ1) is 18.9. The maximum Gasteiger partial charge on any atom is 0.270 e. The molecule has 2 N–H and O–H groups in total. The zero-order valence-corrected chi connectivity index (χ0v) is 16.2. The standard InChI is InChI=1S/C16H21N5O3S2/c1-11-3-5-12(6-4-11)14(22)17-15-18-19-16(25-15)26(23,24)20-13-7-9-21(2)10-8-13/h3-6,13,20H,7-10H2,1-2H3,(H,17,18,22). The van der Waals surface area contributed by atoms with E-state index in [4.69, 9.17) is 0 Å². The summed E-state index contributed by atoms with van der Waals surface area (Å²) in [5.41, 5.74) is 1.52. The van der Waals surface area contributed by atoms with Crippen molar-refractivity contribution in [3.63, 3.8) is 0 Å². The molecule has 1 aromatic carbocycles. The van der Waals surface area contributed by atoms with Crippen molar-refractivity contribution >= 4 is 32.4 Å². The van der Waals surface area contributed by atoms with Crippen LogP contribution in [0.2, 0.25) is 0 Å². The second kappa shape index (κ2) is 7.78. The highest BCUT2D eigenvalue weighted by Crippen LogP contribution is 2.22. The lowest BCUT2D eigenvalue weighted by Crippen LogP contribution is -2.43. The van der Waals surface area contributed by atoms with E-state index in [1.165, 1.54) is 0 Å². The normalized spacial score (nSPS) is 16.5. The number of hydrogen-bond donors (Lipinski definition) is 2. The lowest BCUT2D eigenvalue weighted by atomic mass is 10.1. The van der Waals surface area contributed by atoms with Gasteiger partial charge in [-0.2, -0.15) is 0 Å². The number of carbonyl (C=O) groups excluding carboxylic acids is 1. The molecule has 1 saturated heterocycles. The lowest BCUT2D eigenvalue weighted by molar-refractivity contribution is 0.102. The number of piperidine rings is 1. The second-order valence-corrected chi connectivity index (χ2v) is 9.26. The Morgan fingerprint density at radius 1 is 1.19 bits per heavy atom. The van der Waals surface area contributed by atoms with E-state index < -0.39 is 10.0 Å². The molecule has 8 nitrogen and oxygen atoms in total. The van der Waals surface area contributed by atoms with Crippen molar-refractivity contribution in [2.45, 2.75) is 30.1 Å². The minimum Gasteiger partial charge on any atom is -0.306 e. The van der Waals surface area contributed by atoms with E-state index in [-0.39, 0.29) is 21.4 Å². The molecular formula is C16H21N5O3S2. The number of likely N-dealkylation sites (tertiary alicyclic amines) is 1. The fraction of sp³-hybridized carbons (Fsp3) is 0.438. The van der Waals surface area contributed by atoms with Gasteiger partial charge in [0.1, 0.15) is 0 Å². The van der Waals surface area contributed by atoms with Crippen LogP contribution in [0, 0.1) is 6.92 Å². The molecule has 0 atom stereocenters. The third-order valence-electron chi connectivity index (χ3n) is 4.21. The highest BCUT2D eigenvalue weighted by Gasteiger charge is 2.26. The molecule has 0 spiro atoms. The number of rotatable bonds is 5. The van der Waals surface area contributed by atoms with Gasteiger partial charge < -0.3 is 4.90 Å². The number of sulfonamides is 1. The second-order valence-electron chi connectivity index (χ2n) is 6.39. The van der Waals surface area contributed by atoms with E-state index in [2.05, 4.69) is 25.1 Å². The summed E-state index contributed by atoms with van der Waals surface area (Å²) < 4.78 is 27.5. The fourth-order valence-corrected chi connectivity index (χ4v) is 4.86. The predicted molar refractivity (Wildman–Crippen MR) is 99.9 cm³/mol. The SMILES string of the molecule is Cc1ccc(C(=O)Nc2nnc(S(=O)(=O)NC3CCN(C)CC3)s2)cc1. The topological polar surface area (TPSA) is 104 Å². The van der Waals surface area contributed by atoms with Crippen molar-refractivity contribution < 1.29 is 13.2 Å². The molecule has 2 heterocycles. The van der Waals surface area contributed by atoms with Crippen molar-refractivity contribution in [3.8, 4) is 0 Å². The smallest absolute Gasteiger partial charge is 0.270 e. The van der Waals surface area contributed by atoms with Crippen molar-refractivity contribution in [3.05, 3.63) is 35.4 Å². The van der Waals surface area contributed by atoms with Crippen LogP contribution in [0.5, 0.6) is 0 Å². The number of carbonyl (C=O) groups is 1. The molecule has 0 unspecified atom stereocenters. The van der Waals surface area contributed by atoms with Crippen LogP contribution >= 0.6 is 11.3 Å². The zero-order chi connectivity index (χ0) is 18.7. The van der Waals surface area contributed by atoms with Crippen LogP contribution in [0.3, 0.4) is 0 Å². The van der Waals surface area contributed by atoms with Crippen molar-refractivity contribution in [2.24, 2.45) is 0 Å². The number of benzene rings is 1. The van der Waals surface area contributed by atoms with E-state index in [1.54, 1.807) is 12.1 Å². The van der Waals surface area contributed by atoms with Crippen LogP contribution in [-0.2, 0) is 10.0 Å². The Bertz CT molecular complexity index is 872. The van der Waals surface area contributed by atoms with Crippen molar-refractivity contribution in [1.29, 1.82) is 0 Å². The number of nitrogens with one attached hydrogen (secondary N) is 2. The summed E-state index contributed by atoms with van der Waals surface area (Å²) in [7, 11) is -1.73. The lowest BCUT2D eigenvalue weighted by Gasteiger charge is -2.28. The van der Waals surface area contributed by atoms with Gasteiger partial charge in [-0.3, -0.25) is 10.1 Å². The average Bonchev–Trinajstić information content (AvgIpc) is 3.07. The largest absolute Gasteiger partial charge is 0.306 e. The first-order chi connectivity index (χ1) is 12.3. The average molecular weight is 396 g/mol. The third kappa shape index (κ3) is 4.64. The van der Waals surface area contributed by atoms with Gasteiger partial charge in [-0.05, 0) is 52.0 Å². The Kier molecular flexibility index (Phi) is 5.66. The molecular weight excluding hydrogens is 374 g/mol. The third-order valence-corrected chi connectivity index (χ3v) is 6.94. The van der Waals surface area contributed by atoms with E-state index in [0.29, 0.717) is 5.56 Å². The van der Waals surface area contributed by atoms with E-state index in [0.717, 1.165) is 42.8 Å². The Hall–Kier alpha value is -1.88. The number of anilines is 1. The Morgan fingerprint density at radius 2 is 1.85 bits per heavy atom. The molecule has 0 bridgehead atoms. The van der Waals surface area contributed by atoms with Gasteiger partial charge in [0.25, 0.3) is 15.9 Å². The van der Waals surface area contributed by atoms with Crippen LogP contribution in [0.25, 0.3) is 0 Å². The minimum absolute atomic E-state index is 0.106. The monoisotopic (exact) mass is 395 g/mol. The summed E-state index contributed by atoms with van der Waals surface area (Å²) >= 11 is 0.840. The first-order valence-electron chi connectivity index (χ1n) is 8.26.